The van der Waals surface area contributed by atoms with E-state index in [1.165, 1.54) is 0 Å². The molecule has 0 bridgehead atoms. The fraction of sp³-hybridized carbons (Fsp3) is 0.789. The van der Waals surface area contributed by atoms with Crippen molar-refractivity contribution in [2.24, 2.45) is 0 Å². The summed E-state index contributed by atoms with van der Waals surface area (Å²) < 4.78 is 31.3. The third-order valence-electron chi connectivity index (χ3n) is 9.33. The van der Waals surface area contributed by atoms with Gasteiger partial charge in [0.2, 0.25) is 11.8 Å². The van der Waals surface area contributed by atoms with E-state index < -0.39 is 44.4 Å². The molecular formula is C38H69N8O16P. The number of urea groups is 1. The van der Waals surface area contributed by atoms with Crippen LogP contribution in [0.25, 0.3) is 0 Å². The molecule has 0 spiro atoms. The molecule has 0 aliphatic carbocycles. The van der Waals surface area contributed by atoms with Crippen LogP contribution in [-0.2, 0) is 56.6 Å². The average Bonchev–Trinajstić information content (AvgIpc) is 3.20. The van der Waals surface area contributed by atoms with Crippen molar-refractivity contribution in [2.75, 3.05) is 125 Å². The molecule has 0 aromatic heterocycles. The van der Waals surface area contributed by atoms with E-state index in [1.54, 1.807) is 9.80 Å². The van der Waals surface area contributed by atoms with Gasteiger partial charge >= 0.3 is 37.7 Å². The Morgan fingerprint density at radius 1 is 0.603 bits per heavy atom. The molecule has 1 aliphatic heterocycles. The molecule has 24 nitrogen and oxygen atoms in total. The predicted molar refractivity (Wildman–Crippen MR) is 225 cm³/mol. The summed E-state index contributed by atoms with van der Waals surface area (Å²) in [7, 11) is -4.54. The lowest BCUT2D eigenvalue weighted by Gasteiger charge is -2.32. The molecular weight excluding hydrogens is 855 g/mol. The summed E-state index contributed by atoms with van der Waals surface area (Å²) >= 11 is 0. The van der Waals surface area contributed by atoms with E-state index in [0.29, 0.717) is 91.3 Å². The van der Waals surface area contributed by atoms with Crippen LogP contribution in [-0.4, -0.2) is 213 Å². The van der Waals surface area contributed by atoms with Crippen LogP contribution >= 0.6 is 7.82 Å². The monoisotopic (exact) mass is 924 g/mol. The summed E-state index contributed by atoms with van der Waals surface area (Å²) in [4.78, 5) is 110. The van der Waals surface area contributed by atoms with E-state index in [4.69, 9.17) is 18.5 Å². The number of hydrogen-bond donors (Lipinski definition) is 7. The number of carbonyl (C=O) groups is 8. The number of aldehydes is 1. The maximum absolute atomic E-state index is 12.8. The topological polar surface area (TPSA) is 312 Å². The van der Waals surface area contributed by atoms with Crippen LogP contribution in [0.2, 0.25) is 0 Å². The van der Waals surface area contributed by atoms with Gasteiger partial charge in [-0.3, -0.25) is 57.4 Å². The fourth-order valence-electron chi connectivity index (χ4n) is 6.08. The van der Waals surface area contributed by atoms with Gasteiger partial charge in [-0.15, -0.1) is 0 Å². The van der Waals surface area contributed by atoms with Crippen molar-refractivity contribution in [3.63, 3.8) is 0 Å². The molecule has 0 saturated carbocycles. The summed E-state index contributed by atoms with van der Waals surface area (Å²) in [6, 6.07) is -0.293. The van der Waals surface area contributed by atoms with Crippen LogP contribution in [0.3, 0.4) is 0 Å². The summed E-state index contributed by atoms with van der Waals surface area (Å²) in [5.41, 5.74) is 0. The Hall–Kier alpha value is -4.29. The zero-order valence-corrected chi connectivity index (χ0v) is 37.5. The van der Waals surface area contributed by atoms with Crippen molar-refractivity contribution in [3.8, 4) is 0 Å². The van der Waals surface area contributed by atoms with E-state index >= 15 is 0 Å². The first-order chi connectivity index (χ1) is 30.0. The molecule has 1 heterocycles. The van der Waals surface area contributed by atoms with E-state index in [2.05, 4.69) is 21.3 Å². The van der Waals surface area contributed by atoms with Gasteiger partial charge in [-0.25, -0.2) is 9.36 Å². The Bertz CT molecular complexity index is 1460. The molecule has 362 valence electrons. The van der Waals surface area contributed by atoms with Gasteiger partial charge in [-0.05, 0) is 25.7 Å². The van der Waals surface area contributed by atoms with Gasteiger partial charge in [0, 0.05) is 98.8 Å². The van der Waals surface area contributed by atoms with Crippen LogP contribution in [0.15, 0.2) is 0 Å². The van der Waals surface area contributed by atoms with Crippen LogP contribution in [0.4, 0.5) is 4.79 Å². The average molecular weight is 925 g/mol. The number of phosphoric acid groups is 1. The minimum atomic E-state index is -4.54. The molecule has 7 N–H and O–H groups in total. The highest BCUT2D eigenvalue weighted by molar-refractivity contribution is 7.47. The van der Waals surface area contributed by atoms with Crippen molar-refractivity contribution in [1.82, 2.24) is 40.9 Å². The second-order valence-electron chi connectivity index (χ2n) is 14.8. The quantitative estimate of drug-likeness (QED) is 0.0187. The van der Waals surface area contributed by atoms with Gasteiger partial charge in [0.15, 0.2) is 6.10 Å². The van der Waals surface area contributed by atoms with Crippen LogP contribution in [0.5, 0.6) is 0 Å². The second-order valence-corrected chi connectivity index (χ2v) is 16.3. The van der Waals surface area contributed by atoms with Crippen molar-refractivity contribution in [1.29, 1.82) is 0 Å². The van der Waals surface area contributed by atoms with Crippen LogP contribution in [0.1, 0.15) is 65.2 Å². The molecule has 0 aromatic carbocycles. The summed E-state index contributed by atoms with van der Waals surface area (Å²) in [6.07, 6.45) is 4.96. The molecule has 0 radical (unpaired) electrons. The second kappa shape index (κ2) is 34.2. The number of ether oxygens (including phenoxy) is 2. The van der Waals surface area contributed by atoms with Crippen molar-refractivity contribution >= 4 is 55.8 Å². The molecule has 1 fully saturated rings. The maximum Gasteiger partial charge on any atom is 0.472 e. The van der Waals surface area contributed by atoms with Gasteiger partial charge < -0.3 is 50.6 Å². The molecule has 63 heavy (non-hydrogen) atoms. The highest BCUT2D eigenvalue weighted by Gasteiger charge is 2.26. The number of nitrogens with one attached hydrogen (secondary N) is 4. The Morgan fingerprint density at radius 2 is 1.08 bits per heavy atom. The van der Waals surface area contributed by atoms with Gasteiger partial charge in [0.05, 0.1) is 39.4 Å². The van der Waals surface area contributed by atoms with Crippen LogP contribution in [0, 0.1) is 0 Å². The molecule has 1 unspecified atom stereocenters. The van der Waals surface area contributed by atoms with Crippen LogP contribution < -0.4 is 21.3 Å². The summed E-state index contributed by atoms with van der Waals surface area (Å²) in [6.45, 7) is 5.46. The minimum Gasteiger partial charge on any atom is -0.480 e. The van der Waals surface area contributed by atoms with Crippen molar-refractivity contribution in [2.45, 2.75) is 71.3 Å². The lowest BCUT2D eigenvalue weighted by molar-refractivity contribution is -0.158. The number of unbranched alkanes of at least 4 members (excludes halogenated alkanes) is 5. The number of phosphoric ester groups is 1. The normalized spacial score (nSPS) is 16.2. The number of carbonyl (C=O) groups excluding carboxylic acids is 6. The van der Waals surface area contributed by atoms with E-state index in [1.807, 2.05) is 9.80 Å². The lowest BCUT2D eigenvalue weighted by Crippen LogP contribution is -2.49. The Morgan fingerprint density at radius 3 is 1.57 bits per heavy atom. The molecule has 1 aliphatic rings. The smallest absolute Gasteiger partial charge is 0.472 e. The third kappa shape index (κ3) is 33.0. The zero-order chi connectivity index (χ0) is 46.9. The van der Waals surface area contributed by atoms with Gasteiger partial charge in [0.25, 0.3) is 0 Å². The van der Waals surface area contributed by atoms with Crippen molar-refractivity contribution in [3.05, 3.63) is 0 Å². The highest BCUT2D eigenvalue weighted by Crippen LogP contribution is 2.43. The first-order valence-electron chi connectivity index (χ1n) is 21.2. The first kappa shape index (κ1) is 56.7. The number of nitrogens with zero attached hydrogens (tertiary/aromatic N) is 4. The van der Waals surface area contributed by atoms with Gasteiger partial charge in [-0.2, -0.15) is 0 Å². The van der Waals surface area contributed by atoms with E-state index in [0.717, 1.165) is 45.8 Å². The lowest BCUT2D eigenvalue weighted by atomic mass is 10.2. The van der Waals surface area contributed by atoms with Crippen molar-refractivity contribution < 1.29 is 76.5 Å². The molecule has 0 aromatic rings. The number of rotatable bonds is 31. The largest absolute Gasteiger partial charge is 0.480 e. The van der Waals surface area contributed by atoms with E-state index in [-0.39, 0.29) is 70.2 Å². The molecule has 1 saturated heterocycles. The minimum absolute atomic E-state index is 0.0591. The fourth-order valence-corrected chi connectivity index (χ4v) is 6.83. The number of esters is 2. The molecule has 4 amide bonds. The maximum atomic E-state index is 12.8. The SMILES string of the molecule is CC(=O)OC[C@@H](COP(=O)(O)OCCNC(=O)CCCCCNC(=O)NCCCCCCNC(=O)CN1CCN(CC=O)CCN(CC(=O)O)CCN(CC(=O)O)CC1)OC(C)=O. The number of amides is 4. The summed E-state index contributed by atoms with van der Waals surface area (Å²) in [5.74, 6) is -3.78. The Balaban J connectivity index is 2.20. The molecule has 1 rings (SSSR count). The highest BCUT2D eigenvalue weighted by atomic mass is 31.2. The number of hydrogen-bond acceptors (Lipinski definition) is 17. The zero-order valence-electron chi connectivity index (χ0n) is 36.6. The van der Waals surface area contributed by atoms with Gasteiger partial charge in [-0.1, -0.05) is 19.3 Å². The number of carboxylic acids is 2. The molecule has 2 atom stereocenters. The standard InChI is InChI=1S/C38H69N8O16P/c1-31(48)59-29-33(62-32(2)49)30-61-63(57,58)60-25-14-40-34(50)10-6-5-9-13-42-38(56)41-12-8-4-3-7-11-39-35(51)26-44-17-15-43(23-24-47)16-18-45(27-36(52)53)21-22-46(20-19-44)28-37(54)55/h24,33H,3-23,25-30H2,1-2H3,(H,39,51)(H,40,50)(H,52,53)(H,54,55)(H,57,58)(H2,41,42,56)/t33-/m0/s1. The van der Waals surface area contributed by atoms with Gasteiger partial charge in [0.1, 0.15) is 12.9 Å². The Kier molecular flexibility index (Phi) is 30.8. The van der Waals surface area contributed by atoms with E-state index in [9.17, 15) is 58.0 Å². The third-order valence-corrected chi connectivity index (χ3v) is 10.3. The Labute approximate surface area is 368 Å². The summed E-state index contributed by atoms with van der Waals surface area (Å²) in [5, 5.41) is 29.8. The molecule has 25 heteroatoms. The first-order valence-corrected chi connectivity index (χ1v) is 22.7. The predicted octanol–water partition coefficient (Wildman–Crippen LogP) is -1.14. The number of carboxylic acid groups (broad SMARTS) is 2. The number of aliphatic carboxylic acids is 2.